The molecule has 0 aliphatic rings. The third kappa shape index (κ3) is 3.64. The predicted molar refractivity (Wildman–Crippen MR) is 102 cm³/mol. The number of benzene rings is 1. The second-order valence-electron chi connectivity index (χ2n) is 6.50. The molecule has 0 bridgehead atoms. The highest BCUT2D eigenvalue weighted by atomic mass is 32.2. The molecule has 0 fully saturated rings. The zero-order valence-electron chi connectivity index (χ0n) is 14.6. The molecule has 1 atom stereocenters. The van der Waals surface area contributed by atoms with E-state index in [1.807, 2.05) is 39.0 Å². The summed E-state index contributed by atoms with van der Waals surface area (Å²) in [6.45, 7) is 5.81. The standard InChI is InChI=1S/C17H20N4O3S2/c1-9(2)15(17-19-12-5-4-10(3)6-13(12)20-17)21-26(23,24)14-7-11(8-25-14)16(18)22/h4-9,15,21H,1-3H3,(H2,18,22)(H,19,20)/t15-/m1/s1. The van der Waals surface area contributed by atoms with Gasteiger partial charge in [-0.05, 0) is 36.6 Å². The maximum Gasteiger partial charge on any atom is 0.250 e. The monoisotopic (exact) mass is 392 g/mol. The Morgan fingerprint density at radius 1 is 1.31 bits per heavy atom. The first-order valence-corrected chi connectivity index (χ1v) is 10.4. The van der Waals surface area contributed by atoms with Crippen LogP contribution in [0, 0.1) is 12.8 Å². The molecule has 2 heterocycles. The lowest BCUT2D eigenvalue weighted by Gasteiger charge is -2.19. The Hall–Kier alpha value is -2.23. The molecule has 0 spiro atoms. The Bertz CT molecular complexity index is 1070. The van der Waals surface area contributed by atoms with E-state index in [9.17, 15) is 13.2 Å². The molecule has 0 saturated carbocycles. The number of carbonyl (C=O) groups excluding carboxylic acids is 1. The largest absolute Gasteiger partial charge is 0.366 e. The van der Waals surface area contributed by atoms with E-state index >= 15 is 0 Å². The number of H-pyrrole nitrogens is 1. The molecule has 0 radical (unpaired) electrons. The Balaban J connectivity index is 1.95. The molecule has 0 aliphatic heterocycles. The summed E-state index contributed by atoms with van der Waals surface area (Å²) in [6.07, 6.45) is 0. The molecule has 0 aliphatic carbocycles. The summed E-state index contributed by atoms with van der Waals surface area (Å²) in [5.74, 6) is -0.145. The number of sulfonamides is 1. The molecule has 1 amide bonds. The Morgan fingerprint density at radius 3 is 2.65 bits per heavy atom. The van der Waals surface area contributed by atoms with E-state index in [4.69, 9.17) is 5.73 Å². The van der Waals surface area contributed by atoms with Crippen molar-refractivity contribution in [1.29, 1.82) is 0 Å². The van der Waals surface area contributed by atoms with Crippen molar-refractivity contribution in [3.63, 3.8) is 0 Å². The molecule has 3 aromatic rings. The summed E-state index contributed by atoms with van der Waals surface area (Å²) in [5, 5.41) is 1.44. The molecule has 138 valence electrons. The number of nitrogens with zero attached hydrogens (tertiary/aromatic N) is 1. The Kier molecular flexibility index (Phi) is 4.87. The zero-order chi connectivity index (χ0) is 19.1. The lowest BCUT2D eigenvalue weighted by atomic mass is 10.1. The van der Waals surface area contributed by atoms with Gasteiger partial charge in [0.25, 0.3) is 10.0 Å². The number of aromatic nitrogens is 2. The number of primary amides is 1. The van der Waals surface area contributed by atoms with Crippen molar-refractivity contribution >= 4 is 38.3 Å². The quantitative estimate of drug-likeness (QED) is 0.598. The molecule has 1 aromatic carbocycles. The van der Waals surface area contributed by atoms with Crippen LogP contribution in [0.3, 0.4) is 0 Å². The van der Waals surface area contributed by atoms with Crippen LogP contribution in [0.2, 0.25) is 0 Å². The van der Waals surface area contributed by atoms with Gasteiger partial charge in [-0.2, -0.15) is 4.72 Å². The second-order valence-corrected chi connectivity index (χ2v) is 9.36. The molecule has 26 heavy (non-hydrogen) atoms. The molecule has 7 nitrogen and oxygen atoms in total. The van der Waals surface area contributed by atoms with Gasteiger partial charge in [-0.1, -0.05) is 19.9 Å². The van der Waals surface area contributed by atoms with Gasteiger partial charge in [-0.3, -0.25) is 4.79 Å². The first kappa shape index (κ1) is 18.6. The van der Waals surface area contributed by atoms with Crippen LogP contribution in [-0.2, 0) is 10.0 Å². The number of nitrogens with one attached hydrogen (secondary N) is 2. The van der Waals surface area contributed by atoms with Crippen LogP contribution in [-0.4, -0.2) is 24.3 Å². The zero-order valence-corrected chi connectivity index (χ0v) is 16.2. The van der Waals surface area contributed by atoms with Crippen molar-refractivity contribution in [2.75, 3.05) is 0 Å². The highest BCUT2D eigenvalue weighted by Gasteiger charge is 2.27. The van der Waals surface area contributed by atoms with Crippen molar-refractivity contribution in [2.24, 2.45) is 11.7 Å². The van der Waals surface area contributed by atoms with Crippen LogP contribution in [0.1, 0.15) is 41.6 Å². The third-order valence-corrected chi connectivity index (χ3v) is 6.90. The molecule has 9 heteroatoms. The number of amides is 1. The lowest BCUT2D eigenvalue weighted by molar-refractivity contribution is 0.100. The highest BCUT2D eigenvalue weighted by Crippen LogP contribution is 2.27. The third-order valence-electron chi connectivity index (χ3n) is 4.02. The number of carbonyl (C=O) groups is 1. The molecule has 0 saturated heterocycles. The number of aromatic amines is 1. The van der Waals surface area contributed by atoms with Crippen molar-refractivity contribution in [3.05, 3.63) is 46.6 Å². The van der Waals surface area contributed by atoms with Gasteiger partial charge in [-0.15, -0.1) is 11.3 Å². The SMILES string of the molecule is Cc1ccc2nc([C@H](NS(=O)(=O)c3cc(C(N)=O)cs3)C(C)C)[nH]c2c1. The number of imidazole rings is 1. The van der Waals surface area contributed by atoms with E-state index < -0.39 is 22.0 Å². The van der Waals surface area contributed by atoms with Gasteiger partial charge in [0.1, 0.15) is 10.0 Å². The smallest absolute Gasteiger partial charge is 0.250 e. The topological polar surface area (TPSA) is 118 Å². The molecular weight excluding hydrogens is 372 g/mol. The normalized spacial score (nSPS) is 13.4. The van der Waals surface area contributed by atoms with Crippen LogP contribution in [0.5, 0.6) is 0 Å². The van der Waals surface area contributed by atoms with Gasteiger partial charge in [0.05, 0.1) is 22.6 Å². The Morgan fingerprint density at radius 2 is 2.04 bits per heavy atom. The van der Waals surface area contributed by atoms with E-state index in [0.717, 1.165) is 27.9 Å². The number of aryl methyl sites for hydroxylation is 1. The van der Waals surface area contributed by atoms with Gasteiger partial charge in [0.15, 0.2) is 0 Å². The fourth-order valence-corrected chi connectivity index (χ4v) is 5.14. The van der Waals surface area contributed by atoms with Crippen molar-refractivity contribution in [1.82, 2.24) is 14.7 Å². The fraction of sp³-hybridized carbons (Fsp3) is 0.294. The van der Waals surface area contributed by atoms with E-state index in [0.29, 0.717) is 5.82 Å². The summed E-state index contributed by atoms with van der Waals surface area (Å²) in [5.41, 5.74) is 8.11. The van der Waals surface area contributed by atoms with Crippen LogP contribution >= 0.6 is 11.3 Å². The van der Waals surface area contributed by atoms with Gasteiger partial charge in [0.2, 0.25) is 5.91 Å². The number of hydrogen-bond acceptors (Lipinski definition) is 5. The highest BCUT2D eigenvalue weighted by molar-refractivity contribution is 7.91. The first-order chi connectivity index (χ1) is 12.2. The minimum Gasteiger partial charge on any atom is -0.366 e. The average Bonchev–Trinajstić information content (AvgIpc) is 3.19. The number of hydrogen-bond donors (Lipinski definition) is 3. The van der Waals surface area contributed by atoms with E-state index in [-0.39, 0.29) is 15.7 Å². The summed E-state index contributed by atoms with van der Waals surface area (Å²) >= 11 is 0.959. The predicted octanol–water partition coefficient (Wildman–Crippen LogP) is 2.71. The molecule has 3 rings (SSSR count). The summed E-state index contributed by atoms with van der Waals surface area (Å²) in [7, 11) is -3.81. The van der Waals surface area contributed by atoms with Crippen LogP contribution in [0.4, 0.5) is 0 Å². The van der Waals surface area contributed by atoms with E-state index in [1.165, 1.54) is 11.4 Å². The maximum atomic E-state index is 12.7. The molecule has 4 N–H and O–H groups in total. The van der Waals surface area contributed by atoms with Crippen LogP contribution in [0.25, 0.3) is 11.0 Å². The number of fused-ring (bicyclic) bond motifs is 1. The summed E-state index contributed by atoms with van der Waals surface area (Å²) < 4.78 is 28.2. The summed E-state index contributed by atoms with van der Waals surface area (Å²) in [4.78, 5) is 19.0. The number of rotatable bonds is 6. The molecular formula is C17H20N4O3S2. The van der Waals surface area contributed by atoms with Crippen molar-refractivity contribution < 1.29 is 13.2 Å². The second kappa shape index (κ2) is 6.82. The molecule has 2 aromatic heterocycles. The van der Waals surface area contributed by atoms with Crippen LogP contribution in [0.15, 0.2) is 33.9 Å². The van der Waals surface area contributed by atoms with E-state index in [1.54, 1.807) is 0 Å². The molecule has 0 unspecified atom stereocenters. The number of nitrogens with two attached hydrogens (primary N) is 1. The van der Waals surface area contributed by atoms with Crippen molar-refractivity contribution in [3.8, 4) is 0 Å². The number of thiophene rings is 1. The van der Waals surface area contributed by atoms with Crippen molar-refractivity contribution in [2.45, 2.75) is 31.0 Å². The first-order valence-electron chi connectivity index (χ1n) is 8.04. The fourth-order valence-electron chi connectivity index (χ4n) is 2.61. The van der Waals surface area contributed by atoms with Gasteiger partial charge >= 0.3 is 0 Å². The van der Waals surface area contributed by atoms with Gasteiger partial charge < -0.3 is 10.7 Å². The maximum absolute atomic E-state index is 12.7. The summed E-state index contributed by atoms with van der Waals surface area (Å²) in [6, 6.07) is 6.57. The Labute approximate surface area is 155 Å². The minimum absolute atomic E-state index is 0.0398. The van der Waals surface area contributed by atoms with Crippen LogP contribution < -0.4 is 10.5 Å². The van der Waals surface area contributed by atoms with Gasteiger partial charge in [0, 0.05) is 5.38 Å². The average molecular weight is 393 g/mol. The van der Waals surface area contributed by atoms with E-state index in [2.05, 4.69) is 14.7 Å². The van der Waals surface area contributed by atoms with Gasteiger partial charge in [-0.25, -0.2) is 13.4 Å². The lowest BCUT2D eigenvalue weighted by Crippen LogP contribution is -2.32. The minimum atomic E-state index is -3.81.